The van der Waals surface area contributed by atoms with Crippen molar-refractivity contribution in [1.82, 2.24) is 25.0 Å². The zero-order valence-corrected chi connectivity index (χ0v) is 32.9. The van der Waals surface area contributed by atoms with Gasteiger partial charge in [0.2, 0.25) is 11.8 Å². The summed E-state index contributed by atoms with van der Waals surface area (Å²) in [4.78, 5) is 79.8. The molecule has 5 fully saturated rings. The Morgan fingerprint density at radius 1 is 0.879 bits per heavy atom. The smallest absolute Gasteiger partial charge is 0.264 e. The van der Waals surface area contributed by atoms with Gasteiger partial charge in [0, 0.05) is 89.4 Å². The molecule has 1 unspecified atom stereocenters. The van der Waals surface area contributed by atoms with E-state index >= 15 is 0 Å². The second-order valence-electron chi connectivity index (χ2n) is 16.3. The fraction of sp³-hybridized carbons (Fsp3) is 0.465. The number of nitrogens with zero attached hydrogens (tertiary/aromatic N) is 7. The predicted octanol–water partition coefficient (Wildman–Crippen LogP) is 4.26. The Morgan fingerprint density at radius 3 is 2.31 bits per heavy atom. The third kappa shape index (κ3) is 7.15. The van der Waals surface area contributed by atoms with Crippen molar-refractivity contribution in [2.45, 2.75) is 75.6 Å². The Balaban J connectivity index is 0.743. The molecule has 7 heterocycles. The van der Waals surface area contributed by atoms with Gasteiger partial charge in [-0.25, -0.2) is 4.98 Å². The molecule has 1 N–H and O–H groups in total. The largest absolute Gasteiger partial charge is 0.490 e. The first-order valence-corrected chi connectivity index (χ1v) is 20.7. The number of piperazine rings is 1. The zero-order chi connectivity index (χ0) is 40.1. The average Bonchev–Trinajstić information content (AvgIpc) is 3.65. The minimum absolute atomic E-state index is 0.0192. The fourth-order valence-electron chi connectivity index (χ4n) is 9.90. The standard InChI is InChI=1S/C43H45ClN8O6/c44-34-22-31(8-4-27(34)23-45)58-32-20-29-6-7-30(21-32)51(29)41(55)28-5-10-37(46-24-28)50-18-16-48(17-19-50)25-26-12-14-49(15-13-26)35-3-1-2-33-39(35)43(57)52(42(33)56)36-9-11-38(53)47-40(36)54/h1-5,8,10,22,24,26,29-30,32,36H,6-7,9,11-21,25H2,(H,47,53,54)/t29-,30+,32+,36?. The molecule has 0 aliphatic carbocycles. The van der Waals surface area contributed by atoms with E-state index in [1.54, 1.807) is 36.5 Å². The molecular weight excluding hydrogens is 760 g/mol. The van der Waals surface area contributed by atoms with Crippen molar-refractivity contribution in [2.24, 2.45) is 5.92 Å². The van der Waals surface area contributed by atoms with E-state index in [1.165, 1.54) is 0 Å². The number of imide groups is 2. The molecule has 2 bridgehead atoms. The number of carbonyl (C=O) groups is 5. The van der Waals surface area contributed by atoms with E-state index in [4.69, 9.17) is 21.3 Å². The van der Waals surface area contributed by atoms with Crippen molar-refractivity contribution in [1.29, 1.82) is 5.26 Å². The van der Waals surface area contributed by atoms with Crippen LogP contribution in [-0.4, -0.2) is 119 Å². The lowest BCUT2D eigenvalue weighted by Gasteiger charge is -2.40. The topological polar surface area (TPSA) is 159 Å². The number of piperidine rings is 3. The van der Waals surface area contributed by atoms with Gasteiger partial charge in [-0.05, 0) is 74.4 Å². The van der Waals surface area contributed by atoms with Crippen molar-refractivity contribution >= 4 is 52.6 Å². The lowest BCUT2D eigenvalue weighted by Crippen LogP contribution is -2.54. The van der Waals surface area contributed by atoms with E-state index in [9.17, 15) is 29.2 Å². The minimum Gasteiger partial charge on any atom is -0.490 e. The summed E-state index contributed by atoms with van der Waals surface area (Å²) < 4.78 is 6.26. The number of nitrogens with one attached hydrogen (secondary N) is 1. The summed E-state index contributed by atoms with van der Waals surface area (Å²) in [6.07, 6.45) is 7.23. The molecule has 4 atom stereocenters. The van der Waals surface area contributed by atoms with Crippen molar-refractivity contribution < 1.29 is 28.7 Å². The van der Waals surface area contributed by atoms with Gasteiger partial charge in [0.25, 0.3) is 17.7 Å². The molecule has 0 saturated carbocycles. The second-order valence-corrected chi connectivity index (χ2v) is 16.7. The third-order valence-corrected chi connectivity index (χ3v) is 13.2. The van der Waals surface area contributed by atoms with Gasteiger partial charge in [-0.1, -0.05) is 17.7 Å². The summed E-state index contributed by atoms with van der Waals surface area (Å²) in [6.45, 7) is 6.03. The number of ether oxygens (including phenoxy) is 1. The lowest BCUT2D eigenvalue weighted by molar-refractivity contribution is -0.136. The fourth-order valence-corrected chi connectivity index (χ4v) is 10.1. The van der Waals surface area contributed by atoms with Crippen LogP contribution in [0.2, 0.25) is 5.02 Å². The number of halogens is 1. The summed E-state index contributed by atoms with van der Waals surface area (Å²) in [7, 11) is 0. The molecule has 9 rings (SSSR count). The number of hydrogen-bond donors (Lipinski definition) is 1. The monoisotopic (exact) mass is 804 g/mol. The van der Waals surface area contributed by atoms with Crippen molar-refractivity contribution in [3.63, 3.8) is 0 Å². The normalized spacial score (nSPS) is 25.2. The van der Waals surface area contributed by atoms with E-state index in [0.29, 0.717) is 38.9 Å². The van der Waals surface area contributed by atoms with Crippen LogP contribution in [0.1, 0.15) is 88.0 Å². The van der Waals surface area contributed by atoms with Crippen LogP contribution in [0.25, 0.3) is 0 Å². The summed E-state index contributed by atoms with van der Waals surface area (Å²) in [5.41, 5.74) is 2.41. The molecule has 0 radical (unpaired) electrons. The van der Waals surface area contributed by atoms with Crippen molar-refractivity contribution in [3.8, 4) is 11.8 Å². The number of fused-ring (bicyclic) bond motifs is 3. The van der Waals surface area contributed by atoms with E-state index in [0.717, 1.165) is 101 Å². The summed E-state index contributed by atoms with van der Waals surface area (Å²) >= 11 is 6.22. The van der Waals surface area contributed by atoms with Crippen LogP contribution in [0.4, 0.5) is 11.5 Å². The number of rotatable bonds is 8. The second kappa shape index (κ2) is 15.7. The Hall–Kier alpha value is -5.52. The minimum atomic E-state index is -0.983. The molecule has 5 saturated heterocycles. The molecule has 0 spiro atoms. The van der Waals surface area contributed by atoms with Gasteiger partial charge in [-0.15, -0.1) is 0 Å². The van der Waals surface area contributed by atoms with E-state index in [1.807, 2.05) is 23.1 Å². The molecule has 58 heavy (non-hydrogen) atoms. The maximum Gasteiger partial charge on any atom is 0.264 e. The lowest BCUT2D eigenvalue weighted by atomic mass is 9.94. The van der Waals surface area contributed by atoms with Crippen LogP contribution in [0.15, 0.2) is 54.7 Å². The first kappa shape index (κ1) is 38.0. The highest BCUT2D eigenvalue weighted by Crippen LogP contribution is 2.39. The Labute approximate surface area is 341 Å². The van der Waals surface area contributed by atoms with Gasteiger partial charge < -0.3 is 19.4 Å². The number of pyridine rings is 1. The molecule has 5 amide bonds. The predicted molar refractivity (Wildman–Crippen MR) is 214 cm³/mol. The van der Waals surface area contributed by atoms with Gasteiger partial charge in [-0.3, -0.25) is 39.1 Å². The maximum absolute atomic E-state index is 13.8. The van der Waals surface area contributed by atoms with E-state index in [-0.39, 0.29) is 36.9 Å². The van der Waals surface area contributed by atoms with Gasteiger partial charge in [0.05, 0.1) is 33.0 Å². The summed E-state index contributed by atoms with van der Waals surface area (Å²) in [5.74, 6) is 0.0921. The molecule has 15 heteroatoms. The Bertz CT molecular complexity index is 2180. The van der Waals surface area contributed by atoms with Gasteiger partial charge in [-0.2, -0.15) is 5.26 Å². The highest BCUT2D eigenvalue weighted by Gasteiger charge is 2.47. The summed E-state index contributed by atoms with van der Waals surface area (Å²) in [5, 5.41) is 11.8. The first-order valence-electron chi connectivity index (χ1n) is 20.4. The first-order chi connectivity index (χ1) is 28.1. The highest BCUT2D eigenvalue weighted by molar-refractivity contribution is 6.31. The van der Waals surface area contributed by atoms with Crippen LogP contribution in [0.5, 0.6) is 5.75 Å². The van der Waals surface area contributed by atoms with E-state index < -0.39 is 29.7 Å². The quantitative estimate of drug-likeness (QED) is 0.325. The molecule has 3 aromatic rings. The molecule has 300 valence electrons. The van der Waals surface area contributed by atoms with Gasteiger partial charge >= 0.3 is 0 Å². The maximum atomic E-state index is 13.8. The van der Waals surface area contributed by atoms with Gasteiger partial charge in [0.15, 0.2) is 0 Å². The van der Waals surface area contributed by atoms with E-state index in [2.05, 4.69) is 26.1 Å². The summed E-state index contributed by atoms with van der Waals surface area (Å²) in [6, 6.07) is 15.6. The van der Waals surface area contributed by atoms with Crippen LogP contribution in [-0.2, 0) is 9.59 Å². The van der Waals surface area contributed by atoms with Crippen LogP contribution in [0, 0.1) is 17.2 Å². The number of nitriles is 1. The Morgan fingerprint density at radius 2 is 1.64 bits per heavy atom. The van der Waals surface area contributed by atoms with Crippen molar-refractivity contribution in [2.75, 3.05) is 55.6 Å². The Kier molecular flexibility index (Phi) is 10.3. The van der Waals surface area contributed by atoms with Crippen LogP contribution < -0.4 is 19.9 Å². The number of aromatic nitrogens is 1. The molecule has 6 aliphatic rings. The SMILES string of the molecule is N#Cc1ccc(O[C@H]2C[C@H]3CC[C@@H](C2)N3C(=O)c2ccc(N3CCN(CC4CCN(c5cccc6c5C(=O)N(C5CCC(=O)NC5=O)C6=O)CC4)CC3)nc2)cc1Cl. The molecular formula is C43H45ClN8O6. The van der Waals surface area contributed by atoms with Gasteiger partial charge in [0.1, 0.15) is 29.8 Å². The molecule has 6 aliphatic heterocycles. The van der Waals surface area contributed by atoms with Crippen LogP contribution in [0.3, 0.4) is 0 Å². The average molecular weight is 805 g/mol. The number of benzene rings is 2. The zero-order valence-electron chi connectivity index (χ0n) is 32.1. The number of hydrogen-bond acceptors (Lipinski definition) is 11. The molecule has 2 aromatic carbocycles. The molecule has 14 nitrogen and oxygen atoms in total. The van der Waals surface area contributed by atoms with Crippen LogP contribution >= 0.6 is 11.6 Å². The third-order valence-electron chi connectivity index (χ3n) is 12.9. The highest BCUT2D eigenvalue weighted by atomic mass is 35.5. The number of amides is 5. The van der Waals surface area contributed by atoms with Crippen molar-refractivity contribution in [3.05, 3.63) is 82.0 Å². The number of anilines is 2. The molecule has 1 aromatic heterocycles. The number of carbonyl (C=O) groups excluding carboxylic acids is 5.